The number of nitrogens with zero attached hydrogens (tertiary/aromatic N) is 1. The zero-order valence-electron chi connectivity index (χ0n) is 12.2. The first-order valence-electron chi connectivity index (χ1n) is 7.26. The number of nitrogen functional groups attached to an aromatic ring is 1. The lowest BCUT2D eigenvalue weighted by molar-refractivity contribution is 0.0594. The fraction of sp³-hybridized carbons (Fsp3) is 0.438. The number of amides is 1. The van der Waals surface area contributed by atoms with Crippen molar-refractivity contribution in [1.82, 2.24) is 4.90 Å². The number of halogens is 1. The smallest absolute Gasteiger partial charge is 0.266 e. The Balaban J connectivity index is 1.96. The second kappa shape index (κ2) is 5.61. The van der Waals surface area contributed by atoms with Crippen LogP contribution in [0.1, 0.15) is 36.4 Å². The zero-order valence-corrected chi connectivity index (χ0v) is 14.6. The fourth-order valence-corrected chi connectivity index (χ4v) is 4.72. The van der Waals surface area contributed by atoms with Gasteiger partial charge < -0.3 is 10.6 Å². The predicted octanol–water partition coefficient (Wildman–Crippen LogP) is 4.51. The third-order valence-corrected chi connectivity index (χ3v) is 5.93. The number of rotatable bonds is 1. The van der Waals surface area contributed by atoms with E-state index in [4.69, 9.17) is 5.73 Å². The molecule has 0 saturated carbocycles. The highest BCUT2D eigenvalue weighted by Gasteiger charge is 2.29. The maximum atomic E-state index is 12.8. The highest BCUT2D eigenvalue weighted by Crippen LogP contribution is 2.37. The molecule has 21 heavy (non-hydrogen) atoms. The van der Waals surface area contributed by atoms with E-state index in [0.29, 0.717) is 16.5 Å². The standard InChI is InChI=1S/C16H19BrN2OS/c1-9-5-6-19(10(2)7-9)16(20)15-14(18)12-4-3-11(17)8-13(12)21-15/h3-4,8-10H,5-7,18H2,1-2H3. The first-order chi connectivity index (χ1) is 9.97. The molecule has 2 unspecified atom stereocenters. The molecule has 2 N–H and O–H groups in total. The molecule has 3 nitrogen and oxygen atoms in total. The van der Waals surface area contributed by atoms with Crippen molar-refractivity contribution in [3.63, 3.8) is 0 Å². The van der Waals surface area contributed by atoms with Crippen molar-refractivity contribution in [2.75, 3.05) is 12.3 Å². The van der Waals surface area contributed by atoms with Gasteiger partial charge in [0.1, 0.15) is 4.88 Å². The summed E-state index contributed by atoms with van der Waals surface area (Å²) in [6, 6.07) is 6.25. The Labute approximate surface area is 137 Å². The molecular weight excluding hydrogens is 348 g/mol. The number of fused-ring (bicyclic) bond motifs is 1. The Kier molecular flexibility index (Phi) is 3.97. The molecule has 1 aliphatic rings. The molecule has 0 aliphatic carbocycles. The van der Waals surface area contributed by atoms with Crippen molar-refractivity contribution in [3.05, 3.63) is 27.5 Å². The molecule has 0 spiro atoms. The molecule has 112 valence electrons. The lowest BCUT2D eigenvalue weighted by atomic mass is 9.93. The Hall–Kier alpha value is -1.07. The van der Waals surface area contributed by atoms with Gasteiger partial charge in [0.2, 0.25) is 0 Å². The van der Waals surface area contributed by atoms with E-state index in [-0.39, 0.29) is 11.9 Å². The van der Waals surface area contributed by atoms with E-state index in [1.807, 2.05) is 23.1 Å². The summed E-state index contributed by atoms with van der Waals surface area (Å²) in [7, 11) is 0. The van der Waals surface area contributed by atoms with Crippen molar-refractivity contribution in [2.24, 2.45) is 5.92 Å². The number of hydrogen-bond acceptors (Lipinski definition) is 3. The summed E-state index contributed by atoms with van der Waals surface area (Å²) < 4.78 is 2.07. The van der Waals surface area contributed by atoms with Crippen LogP contribution >= 0.6 is 27.3 Å². The Morgan fingerprint density at radius 3 is 2.90 bits per heavy atom. The molecule has 3 rings (SSSR count). The lowest BCUT2D eigenvalue weighted by Crippen LogP contribution is -2.44. The predicted molar refractivity (Wildman–Crippen MR) is 92.8 cm³/mol. The van der Waals surface area contributed by atoms with Crippen LogP contribution in [0.3, 0.4) is 0 Å². The molecule has 1 saturated heterocycles. The molecule has 0 bridgehead atoms. The van der Waals surface area contributed by atoms with Crippen molar-refractivity contribution < 1.29 is 4.79 Å². The number of carbonyl (C=O) groups is 1. The number of carbonyl (C=O) groups excluding carboxylic acids is 1. The quantitative estimate of drug-likeness (QED) is 0.806. The van der Waals surface area contributed by atoms with Crippen LogP contribution in [-0.4, -0.2) is 23.4 Å². The number of nitrogens with two attached hydrogens (primary N) is 1. The van der Waals surface area contributed by atoms with Gasteiger partial charge in [-0.1, -0.05) is 28.9 Å². The average Bonchev–Trinajstić information content (AvgIpc) is 2.75. The number of hydrogen-bond donors (Lipinski definition) is 1. The minimum atomic E-state index is 0.0872. The van der Waals surface area contributed by atoms with Crippen LogP contribution in [0.2, 0.25) is 0 Å². The fourth-order valence-electron chi connectivity index (χ4n) is 3.09. The van der Waals surface area contributed by atoms with Gasteiger partial charge in [0.15, 0.2) is 0 Å². The summed E-state index contributed by atoms with van der Waals surface area (Å²) in [4.78, 5) is 15.5. The zero-order chi connectivity index (χ0) is 15.1. The van der Waals surface area contributed by atoms with Gasteiger partial charge in [0.25, 0.3) is 5.91 Å². The van der Waals surface area contributed by atoms with Crippen LogP contribution in [0.5, 0.6) is 0 Å². The maximum absolute atomic E-state index is 12.8. The minimum absolute atomic E-state index is 0.0872. The maximum Gasteiger partial charge on any atom is 0.266 e. The lowest BCUT2D eigenvalue weighted by Gasteiger charge is -2.36. The van der Waals surface area contributed by atoms with Crippen LogP contribution in [0.15, 0.2) is 22.7 Å². The normalized spacial score (nSPS) is 22.7. The van der Waals surface area contributed by atoms with E-state index < -0.39 is 0 Å². The Morgan fingerprint density at radius 2 is 2.19 bits per heavy atom. The third-order valence-electron chi connectivity index (χ3n) is 4.28. The van der Waals surface area contributed by atoms with Gasteiger partial charge in [-0.2, -0.15) is 0 Å². The van der Waals surface area contributed by atoms with Crippen molar-refractivity contribution in [2.45, 2.75) is 32.7 Å². The molecular formula is C16H19BrN2OS. The first kappa shape index (κ1) is 14.9. The summed E-state index contributed by atoms with van der Waals surface area (Å²) in [6.07, 6.45) is 2.15. The summed E-state index contributed by atoms with van der Waals surface area (Å²) >= 11 is 4.96. The summed E-state index contributed by atoms with van der Waals surface area (Å²) in [5, 5.41) is 0.976. The molecule has 1 fully saturated rings. The molecule has 1 aliphatic heterocycles. The van der Waals surface area contributed by atoms with E-state index in [9.17, 15) is 4.79 Å². The van der Waals surface area contributed by atoms with E-state index >= 15 is 0 Å². The van der Waals surface area contributed by atoms with E-state index in [1.165, 1.54) is 11.3 Å². The molecule has 0 radical (unpaired) electrons. The van der Waals surface area contributed by atoms with Crippen LogP contribution in [0.4, 0.5) is 5.69 Å². The number of anilines is 1. The summed E-state index contributed by atoms with van der Waals surface area (Å²) in [5.41, 5.74) is 6.84. The summed E-state index contributed by atoms with van der Waals surface area (Å²) in [6.45, 7) is 5.22. The molecule has 2 heterocycles. The average molecular weight is 367 g/mol. The van der Waals surface area contributed by atoms with Gasteiger partial charge in [-0.25, -0.2) is 0 Å². The highest BCUT2D eigenvalue weighted by molar-refractivity contribution is 9.10. The van der Waals surface area contributed by atoms with Gasteiger partial charge in [-0.05, 0) is 37.8 Å². The van der Waals surface area contributed by atoms with Crippen LogP contribution in [0, 0.1) is 5.92 Å². The molecule has 2 aromatic rings. The van der Waals surface area contributed by atoms with E-state index in [1.54, 1.807) is 0 Å². The molecule has 5 heteroatoms. The van der Waals surface area contributed by atoms with Crippen molar-refractivity contribution in [1.29, 1.82) is 0 Å². The largest absolute Gasteiger partial charge is 0.397 e. The van der Waals surface area contributed by atoms with E-state index in [0.717, 1.165) is 33.9 Å². The van der Waals surface area contributed by atoms with Gasteiger partial charge >= 0.3 is 0 Å². The SMILES string of the molecule is CC1CCN(C(=O)c2sc3cc(Br)ccc3c2N)C(C)C1. The van der Waals surface area contributed by atoms with Crippen LogP contribution in [0.25, 0.3) is 10.1 Å². The first-order valence-corrected chi connectivity index (χ1v) is 8.87. The van der Waals surface area contributed by atoms with Crippen LogP contribution in [-0.2, 0) is 0 Å². The second-order valence-electron chi connectivity index (χ2n) is 5.96. The molecule has 1 aromatic heterocycles. The number of piperidine rings is 1. The van der Waals surface area contributed by atoms with Gasteiger partial charge in [-0.15, -0.1) is 11.3 Å². The molecule has 1 aromatic carbocycles. The Bertz CT molecular complexity index is 697. The van der Waals surface area contributed by atoms with Gasteiger partial charge in [0, 0.05) is 27.1 Å². The highest BCUT2D eigenvalue weighted by atomic mass is 79.9. The number of thiophene rings is 1. The summed E-state index contributed by atoms with van der Waals surface area (Å²) in [5.74, 6) is 0.781. The monoisotopic (exact) mass is 366 g/mol. The topological polar surface area (TPSA) is 46.3 Å². The second-order valence-corrected chi connectivity index (χ2v) is 7.93. The van der Waals surface area contributed by atoms with Crippen molar-refractivity contribution >= 4 is 48.9 Å². The van der Waals surface area contributed by atoms with Gasteiger partial charge in [-0.3, -0.25) is 4.79 Å². The van der Waals surface area contributed by atoms with E-state index in [2.05, 4.69) is 29.8 Å². The van der Waals surface area contributed by atoms with Crippen molar-refractivity contribution in [3.8, 4) is 0 Å². The number of benzene rings is 1. The molecule has 1 amide bonds. The Morgan fingerprint density at radius 1 is 1.43 bits per heavy atom. The number of likely N-dealkylation sites (tertiary alicyclic amines) is 1. The third kappa shape index (κ3) is 2.69. The van der Waals surface area contributed by atoms with Crippen LogP contribution < -0.4 is 5.73 Å². The minimum Gasteiger partial charge on any atom is -0.397 e. The van der Waals surface area contributed by atoms with Gasteiger partial charge in [0.05, 0.1) is 5.69 Å². The molecule has 2 atom stereocenters.